The van der Waals surface area contributed by atoms with Gasteiger partial charge in [-0.25, -0.2) is 4.79 Å². The molecule has 0 radical (unpaired) electrons. The summed E-state index contributed by atoms with van der Waals surface area (Å²) in [6.45, 7) is -0.547. The fraction of sp³-hybridized carbons (Fsp3) is 0.750. The molecule has 9 heavy (non-hydrogen) atoms. The molecule has 0 fully saturated rings. The molecule has 0 spiro atoms. The lowest BCUT2D eigenvalue weighted by atomic mass is 10.3. The van der Waals surface area contributed by atoms with Crippen molar-refractivity contribution in [3.63, 3.8) is 0 Å². The molecule has 2 unspecified atom stereocenters. The van der Waals surface area contributed by atoms with Gasteiger partial charge in [-0.15, -0.1) is 11.6 Å². The van der Waals surface area contributed by atoms with Gasteiger partial charge >= 0.3 is 5.97 Å². The van der Waals surface area contributed by atoms with Gasteiger partial charge in [0.05, 0.1) is 12.0 Å². The minimum Gasteiger partial charge on any atom is -0.479 e. The maximum atomic E-state index is 9.85. The number of carbonyl (C=O) groups is 1. The first-order valence-electron chi connectivity index (χ1n) is 2.25. The van der Waals surface area contributed by atoms with Crippen LogP contribution >= 0.6 is 11.6 Å². The fourth-order valence-corrected chi connectivity index (χ4v) is 0.362. The molecule has 5 heteroatoms. The SMILES string of the molecule is O=C(O)C(O)C(Cl)CO. The van der Waals surface area contributed by atoms with Crippen LogP contribution in [0.2, 0.25) is 0 Å². The van der Waals surface area contributed by atoms with E-state index in [9.17, 15) is 4.79 Å². The van der Waals surface area contributed by atoms with Gasteiger partial charge in [0.15, 0.2) is 6.10 Å². The van der Waals surface area contributed by atoms with Crippen LogP contribution in [0.4, 0.5) is 0 Å². The third kappa shape index (κ3) is 2.64. The molecule has 0 rings (SSSR count). The summed E-state index contributed by atoms with van der Waals surface area (Å²) in [5.41, 5.74) is 0. The Hall–Kier alpha value is -0.320. The number of aliphatic carboxylic acids is 1. The van der Waals surface area contributed by atoms with Crippen LogP contribution < -0.4 is 0 Å². The summed E-state index contributed by atoms with van der Waals surface area (Å²) in [5, 5.41) is 23.6. The normalized spacial score (nSPS) is 16.8. The number of hydrogen-bond donors (Lipinski definition) is 3. The zero-order chi connectivity index (χ0) is 7.44. The number of hydrogen-bond acceptors (Lipinski definition) is 3. The average molecular weight is 155 g/mol. The van der Waals surface area contributed by atoms with Crippen molar-refractivity contribution in [2.45, 2.75) is 11.5 Å². The van der Waals surface area contributed by atoms with E-state index in [1.165, 1.54) is 0 Å². The summed E-state index contributed by atoms with van der Waals surface area (Å²) in [6, 6.07) is 0. The molecule has 3 N–H and O–H groups in total. The molecule has 0 heterocycles. The van der Waals surface area contributed by atoms with E-state index < -0.39 is 24.1 Å². The molecule has 0 aliphatic heterocycles. The molecule has 0 saturated heterocycles. The van der Waals surface area contributed by atoms with Crippen molar-refractivity contribution in [1.29, 1.82) is 0 Å². The van der Waals surface area contributed by atoms with Crippen LogP contribution in [0.15, 0.2) is 0 Å². The number of alkyl halides is 1. The lowest BCUT2D eigenvalue weighted by Gasteiger charge is -2.07. The Morgan fingerprint density at radius 2 is 2.11 bits per heavy atom. The van der Waals surface area contributed by atoms with Gasteiger partial charge in [-0.2, -0.15) is 0 Å². The molecule has 0 aromatic carbocycles. The van der Waals surface area contributed by atoms with Gasteiger partial charge in [0.25, 0.3) is 0 Å². The molecule has 0 amide bonds. The van der Waals surface area contributed by atoms with Gasteiger partial charge < -0.3 is 15.3 Å². The van der Waals surface area contributed by atoms with Gasteiger partial charge in [0.1, 0.15) is 0 Å². The minimum absolute atomic E-state index is 0.547. The maximum absolute atomic E-state index is 9.85. The summed E-state index contributed by atoms with van der Waals surface area (Å²) in [4.78, 5) is 9.85. The second kappa shape index (κ2) is 3.66. The Morgan fingerprint density at radius 1 is 1.67 bits per heavy atom. The standard InChI is InChI=1S/C4H7ClO4/c5-2(1-6)3(7)4(8)9/h2-3,6-7H,1H2,(H,8,9). The lowest BCUT2D eigenvalue weighted by molar-refractivity contribution is -0.147. The van der Waals surface area contributed by atoms with Crippen molar-refractivity contribution in [2.24, 2.45) is 0 Å². The number of aliphatic hydroxyl groups is 2. The molecular formula is C4H7ClO4. The number of carboxylic acids is 1. The summed E-state index contributed by atoms with van der Waals surface area (Å²) < 4.78 is 0. The Balaban J connectivity index is 3.72. The van der Waals surface area contributed by atoms with Crippen molar-refractivity contribution in [3.05, 3.63) is 0 Å². The number of aliphatic hydroxyl groups excluding tert-OH is 2. The van der Waals surface area contributed by atoms with E-state index >= 15 is 0 Å². The van der Waals surface area contributed by atoms with Gasteiger partial charge in [-0.1, -0.05) is 0 Å². The van der Waals surface area contributed by atoms with Crippen LogP contribution in [0.25, 0.3) is 0 Å². The van der Waals surface area contributed by atoms with E-state index in [0.29, 0.717) is 0 Å². The van der Waals surface area contributed by atoms with Crippen LogP contribution in [-0.2, 0) is 4.79 Å². The summed E-state index contributed by atoms with van der Waals surface area (Å²) in [7, 11) is 0. The van der Waals surface area contributed by atoms with Gasteiger partial charge in [-0.05, 0) is 0 Å². The lowest BCUT2D eigenvalue weighted by Crippen LogP contribution is -2.32. The van der Waals surface area contributed by atoms with Gasteiger partial charge in [-0.3, -0.25) is 0 Å². The third-order valence-electron chi connectivity index (χ3n) is 0.770. The van der Waals surface area contributed by atoms with Crippen molar-refractivity contribution >= 4 is 17.6 Å². The minimum atomic E-state index is -1.68. The van der Waals surface area contributed by atoms with E-state index in [2.05, 4.69) is 0 Å². The van der Waals surface area contributed by atoms with Crippen LogP contribution in [-0.4, -0.2) is 39.4 Å². The van der Waals surface area contributed by atoms with E-state index in [0.717, 1.165) is 0 Å². The van der Waals surface area contributed by atoms with Crippen molar-refractivity contribution in [2.75, 3.05) is 6.61 Å². The largest absolute Gasteiger partial charge is 0.479 e. The molecule has 0 aromatic heterocycles. The topological polar surface area (TPSA) is 77.8 Å². The van der Waals surface area contributed by atoms with Crippen molar-refractivity contribution in [1.82, 2.24) is 0 Å². The highest BCUT2D eigenvalue weighted by Crippen LogP contribution is 2.00. The first kappa shape index (κ1) is 8.68. The number of carboxylic acid groups (broad SMARTS) is 1. The zero-order valence-corrected chi connectivity index (χ0v) is 5.25. The average Bonchev–Trinajstić information content (AvgIpc) is 1.84. The molecule has 0 bridgehead atoms. The van der Waals surface area contributed by atoms with Gasteiger partial charge in [0.2, 0.25) is 0 Å². The number of rotatable bonds is 3. The predicted molar refractivity (Wildman–Crippen MR) is 30.4 cm³/mol. The third-order valence-corrected chi connectivity index (χ3v) is 1.15. The summed E-state index contributed by atoms with van der Waals surface area (Å²) in [6.07, 6.45) is -1.68. The summed E-state index contributed by atoms with van der Waals surface area (Å²) >= 11 is 5.13. The van der Waals surface area contributed by atoms with E-state index in [4.69, 9.17) is 26.9 Å². The van der Waals surface area contributed by atoms with Crippen LogP contribution in [0.5, 0.6) is 0 Å². The quantitative estimate of drug-likeness (QED) is 0.457. The van der Waals surface area contributed by atoms with Crippen LogP contribution in [0.1, 0.15) is 0 Å². The highest BCUT2D eigenvalue weighted by molar-refractivity contribution is 6.22. The monoisotopic (exact) mass is 154 g/mol. The highest BCUT2D eigenvalue weighted by atomic mass is 35.5. The van der Waals surface area contributed by atoms with Crippen LogP contribution in [0.3, 0.4) is 0 Å². The summed E-state index contributed by atoms with van der Waals surface area (Å²) in [5.74, 6) is -1.43. The van der Waals surface area contributed by atoms with Crippen molar-refractivity contribution in [3.8, 4) is 0 Å². The molecule has 0 aliphatic rings. The molecule has 54 valence electrons. The molecule has 0 aromatic rings. The Labute approximate surface area is 56.7 Å². The van der Waals surface area contributed by atoms with E-state index in [1.54, 1.807) is 0 Å². The first-order valence-corrected chi connectivity index (χ1v) is 2.69. The number of halogens is 1. The van der Waals surface area contributed by atoms with E-state index in [1.807, 2.05) is 0 Å². The first-order chi connectivity index (χ1) is 4.09. The molecular weight excluding hydrogens is 147 g/mol. The van der Waals surface area contributed by atoms with Crippen LogP contribution in [0, 0.1) is 0 Å². The molecule has 2 atom stereocenters. The smallest absolute Gasteiger partial charge is 0.334 e. The molecule has 4 nitrogen and oxygen atoms in total. The second-order valence-corrected chi connectivity index (χ2v) is 2.04. The second-order valence-electron chi connectivity index (χ2n) is 1.48. The molecule has 0 saturated carbocycles. The van der Waals surface area contributed by atoms with Crippen molar-refractivity contribution < 1.29 is 20.1 Å². The highest BCUT2D eigenvalue weighted by Gasteiger charge is 2.22. The van der Waals surface area contributed by atoms with Gasteiger partial charge in [0, 0.05) is 0 Å². The zero-order valence-electron chi connectivity index (χ0n) is 4.49. The Bertz CT molecular complexity index is 105. The van der Waals surface area contributed by atoms with E-state index in [-0.39, 0.29) is 0 Å². The predicted octanol–water partition coefficient (Wildman–Crippen LogP) is -0.968. The maximum Gasteiger partial charge on any atom is 0.334 e. The fourth-order valence-electron chi connectivity index (χ4n) is 0.255. The molecule has 0 aliphatic carbocycles. The Morgan fingerprint density at radius 3 is 2.22 bits per heavy atom. The Kier molecular flexibility index (Phi) is 3.53.